The summed E-state index contributed by atoms with van der Waals surface area (Å²) < 4.78 is 35.3. The van der Waals surface area contributed by atoms with Crippen LogP contribution < -0.4 is 4.74 Å². The van der Waals surface area contributed by atoms with Gasteiger partial charge in [0, 0.05) is 65.4 Å². The van der Waals surface area contributed by atoms with Gasteiger partial charge in [0.05, 0.1) is 12.7 Å². The number of nitrogens with one attached hydrogen (secondary N) is 1. The molecule has 3 aromatic rings. The second-order valence-corrected chi connectivity index (χ2v) is 12.2. The van der Waals surface area contributed by atoms with Gasteiger partial charge in [-0.1, -0.05) is 18.2 Å². The van der Waals surface area contributed by atoms with E-state index in [-0.39, 0.29) is 30.2 Å². The minimum absolute atomic E-state index is 0.0407. The number of benzene rings is 2. The van der Waals surface area contributed by atoms with Crippen LogP contribution in [0.3, 0.4) is 0 Å². The first kappa shape index (κ1) is 22.5. The summed E-state index contributed by atoms with van der Waals surface area (Å²) in [5, 5.41) is 1.28. The Kier molecular flexibility index (Phi) is 4.89. The average Bonchev–Trinajstić information content (AvgIpc) is 3.49. The van der Waals surface area contributed by atoms with E-state index in [1.165, 1.54) is 35.0 Å². The summed E-state index contributed by atoms with van der Waals surface area (Å²) in [5.74, 6) is 1.63. The zero-order valence-corrected chi connectivity index (χ0v) is 21.5. The summed E-state index contributed by atoms with van der Waals surface area (Å²) in [6.45, 7) is 4.55. The van der Waals surface area contributed by atoms with E-state index in [0.717, 1.165) is 50.0 Å². The first-order chi connectivity index (χ1) is 18.1. The Morgan fingerprint density at radius 3 is 2.89 bits per heavy atom. The Morgan fingerprint density at radius 1 is 1.19 bits per heavy atom. The molecule has 4 nitrogen and oxygen atoms in total. The molecule has 1 spiro atoms. The van der Waals surface area contributed by atoms with Crippen molar-refractivity contribution in [3.8, 4) is 5.75 Å². The van der Waals surface area contributed by atoms with E-state index in [4.69, 9.17) is 4.74 Å². The maximum Gasteiger partial charge on any atom is 0.132 e. The third-order valence-corrected chi connectivity index (χ3v) is 10.5. The van der Waals surface area contributed by atoms with Crippen molar-refractivity contribution in [1.29, 1.82) is 0 Å². The van der Waals surface area contributed by atoms with Crippen LogP contribution in [-0.4, -0.2) is 58.8 Å². The van der Waals surface area contributed by atoms with E-state index in [0.29, 0.717) is 30.0 Å². The fourth-order valence-electron chi connectivity index (χ4n) is 8.90. The van der Waals surface area contributed by atoms with Gasteiger partial charge in [0.25, 0.3) is 0 Å². The number of H-pyrrole nitrogens is 1. The molecular weight excluding hydrogens is 468 g/mol. The first-order valence-corrected chi connectivity index (χ1v) is 14.2. The summed E-state index contributed by atoms with van der Waals surface area (Å²) in [6.07, 6.45) is 6.18. The quantitative estimate of drug-likeness (QED) is 0.456. The number of aromatic amines is 1. The summed E-state index contributed by atoms with van der Waals surface area (Å²) in [5.41, 5.74) is 5.91. The van der Waals surface area contributed by atoms with Crippen LogP contribution >= 0.6 is 0 Å². The number of rotatable bonds is 5. The third kappa shape index (κ3) is 3.00. The Balaban J connectivity index is 1.21. The lowest BCUT2D eigenvalue weighted by atomic mass is 9.42. The average molecular weight is 504 g/mol. The molecule has 6 atom stereocenters. The molecule has 6 heteroatoms. The molecular formula is C31H35F2N3O. The molecule has 3 fully saturated rings. The van der Waals surface area contributed by atoms with Crippen LogP contribution in [0.25, 0.3) is 10.9 Å². The highest BCUT2D eigenvalue weighted by atomic mass is 19.1. The van der Waals surface area contributed by atoms with Crippen LogP contribution in [0.5, 0.6) is 5.75 Å². The molecule has 2 aliphatic carbocycles. The Morgan fingerprint density at radius 2 is 2.08 bits per heavy atom. The zero-order valence-electron chi connectivity index (χ0n) is 21.5. The van der Waals surface area contributed by atoms with E-state index >= 15 is 4.39 Å². The van der Waals surface area contributed by atoms with Gasteiger partial charge in [0.2, 0.25) is 0 Å². The number of fused-ring (bicyclic) bond motifs is 8. The van der Waals surface area contributed by atoms with Crippen LogP contribution in [-0.2, 0) is 6.42 Å². The van der Waals surface area contributed by atoms with E-state index in [1.54, 1.807) is 6.07 Å². The lowest BCUT2D eigenvalue weighted by Crippen LogP contribution is -2.75. The van der Waals surface area contributed by atoms with E-state index in [9.17, 15) is 4.39 Å². The number of aromatic nitrogens is 1. The molecule has 0 radical (unpaired) electrons. The van der Waals surface area contributed by atoms with Gasteiger partial charge in [0.1, 0.15) is 17.7 Å². The molecule has 2 saturated carbocycles. The predicted molar refractivity (Wildman–Crippen MR) is 140 cm³/mol. The molecule has 0 bridgehead atoms. The maximum atomic E-state index is 16.3. The molecule has 194 valence electrons. The van der Waals surface area contributed by atoms with Crippen molar-refractivity contribution in [2.75, 3.05) is 26.3 Å². The van der Waals surface area contributed by atoms with Gasteiger partial charge in [-0.3, -0.25) is 14.2 Å². The van der Waals surface area contributed by atoms with Crippen molar-refractivity contribution in [2.45, 2.75) is 75.1 Å². The van der Waals surface area contributed by atoms with Crippen LogP contribution in [0.15, 0.2) is 36.4 Å². The van der Waals surface area contributed by atoms with Crippen molar-refractivity contribution in [3.63, 3.8) is 0 Å². The van der Waals surface area contributed by atoms with Gasteiger partial charge in [-0.05, 0) is 74.6 Å². The Bertz CT molecular complexity index is 1390. The second-order valence-electron chi connectivity index (χ2n) is 12.2. The number of para-hydroxylation sites is 1. The maximum absolute atomic E-state index is 16.3. The van der Waals surface area contributed by atoms with Gasteiger partial charge in [-0.15, -0.1) is 0 Å². The zero-order chi connectivity index (χ0) is 24.9. The summed E-state index contributed by atoms with van der Waals surface area (Å²) in [7, 11) is 0. The van der Waals surface area contributed by atoms with Gasteiger partial charge < -0.3 is 9.72 Å². The molecule has 2 aromatic carbocycles. The molecule has 1 saturated heterocycles. The van der Waals surface area contributed by atoms with Gasteiger partial charge in [-0.2, -0.15) is 0 Å². The van der Waals surface area contributed by atoms with Gasteiger partial charge in [0.15, 0.2) is 0 Å². The van der Waals surface area contributed by atoms with Crippen molar-refractivity contribution in [3.05, 3.63) is 64.6 Å². The number of ether oxygens (including phenoxy) is 1. The molecule has 1 aromatic heterocycles. The molecule has 5 aliphatic rings. The summed E-state index contributed by atoms with van der Waals surface area (Å²) in [4.78, 5) is 8.73. The highest BCUT2D eigenvalue weighted by Crippen LogP contribution is 2.71. The standard InChI is InChI=1S/C31H35F2N3O/c1-18-13-23-22-5-2-3-6-27(22)34-29(23)30-28-24(25-14-19-7-9-31(19,25)36(18)30)15-21(16-26(28)33)37-20-8-12-35(17-20)11-4-10-32/h2-3,5-6,15-16,18-20,25,30,34H,4,7-14,17H2,1H3/t18-,19?,20-,25?,30-,31?/m1/s1. The fraction of sp³-hybridized carbons (Fsp3) is 0.548. The molecule has 37 heavy (non-hydrogen) atoms. The fourth-order valence-corrected chi connectivity index (χ4v) is 8.90. The topological polar surface area (TPSA) is 31.5 Å². The number of hydrogen-bond acceptors (Lipinski definition) is 3. The smallest absolute Gasteiger partial charge is 0.132 e. The minimum atomic E-state index is -0.281. The Labute approximate surface area is 217 Å². The highest BCUT2D eigenvalue weighted by Gasteiger charge is 2.69. The summed E-state index contributed by atoms with van der Waals surface area (Å²) >= 11 is 0. The van der Waals surface area contributed by atoms with Crippen LogP contribution in [0.1, 0.15) is 73.4 Å². The van der Waals surface area contributed by atoms with Crippen molar-refractivity contribution >= 4 is 10.9 Å². The highest BCUT2D eigenvalue weighted by molar-refractivity contribution is 5.85. The lowest BCUT2D eigenvalue weighted by molar-refractivity contribution is -0.182. The third-order valence-electron chi connectivity index (χ3n) is 10.5. The van der Waals surface area contributed by atoms with E-state index in [2.05, 4.69) is 52.0 Å². The molecule has 3 aliphatic heterocycles. The van der Waals surface area contributed by atoms with E-state index < -0.39 is 0 Å². The SMILES string of the molecule is C[C@@H]1Cc2c([nH]c3ccccc23)[C@H]2c3c(F)cc(O[C@@H]4CCN(CCCF)C4)cc3C3CC4CCC43N21. The largest absolute Gasteiger partial charge is 0.489 e. The molecule has 0 amide bonds. The lowest BCUT2D eigenvalue weighted by Gasteiger charge is -2.74. The molecule has 4 heterocycles. The number of likely N-dealkylation sites (tertiary alicyclic amines) is 1. The number of hydrogen-bond donors (Lipinski definition) is 1. The number of halogens is 2. The second kappa shape index (κ2) is 8.03. The molecule has 3 unspecified atom stereocenters. The Hall–Kier alpha value is -2.44. The molecule has 8 rings (SSSR count). The number of nitrogens with zero attached hydrogens (tertiary/aromatic N) is 2. The van der Waals surface area contributed by atoms with Gasteiger partial charge in [-0.25, -0.2) is 4.39 Å². The monoisotopic (exact) mass is 503 g/mol. The van der Waals surface area contributed by atoms with Crippen LogP contribution in [0.2, 0.25) is 0 Å². The first-order valence-electron chi connectivity index (χ1n) is 14.2. The minimum Gasteiger partial charge on any atom is -0.489 e. The molecule has 1 N–H and O–H groups in total. The van der Waals surface area contributed by atoms with E-state index in [1.807, 2.05) is 0 Å². The van der Waals surface area contributed by atoms with Crippen molar-refractivity contribution in [1.82, 2.24) is 14.8 Å². The summed E-state index contributed by atoms with van der Waals surface area (Å²) in [6, 6.07) is 12.7. The number of alkyl halides is 1. The van der Waals surface area contributed by atoms with Crippen molar-refractivity contribution in [2.24, 2.45) is 5.92 Å². The van der Waals surface area contributed by atoms with Gasteiger partial charge >= 0.3 is 0 Å². The van der Waals surface area contributed by atoms with Crippen LogP contribution in [0.4, 0.5) is 8.78 Å². The normalized spacial score (nSPS) is 34.1. The predicted octanol–water partition coefficient (Wildman–Crippen LogP) is 6.11. The van der Waals surface area contributed by atoms with Crippen LogP contribution in [0, 0.1) is 11.7 Å². The van der Waals surface area contributed by atoms with Crippen molar-refractivity contribution < 1.29 is 13.5 Å².